The van der Waals surface area contributed by atoms with Gasteiger partial charge in [0.2, 0.25) is 0 Å². The fraction of sp³-hybridized carbons (Fsp3) is 0.971. The van der Waals surface area contributed by atoms with Crippen LogP contribution < -0.4 is 0 Å². The molecule has 0 heterocycles. The van der Waals surface area contributed by atoms with Gasteiger partial charge in [-0.2, -0.15) is 0 Å². The van der Waals surface area contributed by atoms with Gasteiger partial charge in [-0.05, 0) is 12.8 Å². The Kier molecular flexibility index (Phi) is 43.2. The molecule has 13 heteroatoms. The first-order chi connectivity index (χ1) is 23.8. The van der Waals surface area contributed by atoms with Crippen molar-refractivity contribution in [2.75, 3.05) is 152 Å². The monoisotopic (exact) mass is 698 g/mol. The SMILES string of the molecule is CCCCCCOCCOCCOCCOCCOCCOCCOCCOCCOCCOCCOCCOC(=O)CCCCCC. The smallest absolute Gasteiger partial charge is 0.305 e. The van der Waals surface area contributed by atoms with E-state index in [0.29, 0.717) is 145 Å². The van der Waals surface area contributed by atoms with Crippen molar-refractivity contribution in [1.29, 1.82) is 0 Å². The molecule has 0 bridgehead atoms. The minimum Gasteiger partial charge on any atom is -0.463 e. The lowest BCUT2D eigenvalue weighted by Gasteiger charge is -2.09. The molecule has 0 saturated heterocycles. The molecule has 0 aromatic rings. The van der Waals surface area contributed by atoms with Crippen molar-refractivity contribution in [3.05, 3.63) is 0 Å². The average Bonchev–Trinajstić information content (AvgIpc) is 3.09. The number of unbranched alkanes of at least 4 members (excludes halogenated alkanes) is 6. The highest BCUT2D eigenvalue weighted by atomic mass is 16.6. The predicted octanol–water partition coefficient (Wildman–Crippen LogP) is 4.26. The summed E-state index contributed by atoms with van der Waals surface area (Å²) in [5.41, 5.74) is 0. The number of rotatable bonds is 43. The van der Waals surface area contributed by atoms with Gasteiger partial charge >= 0.3 is 5.97 Å². The second kappa shape index (κ2) is 44.1. The van der Waals surface area contributed by atoms with Crippen molar-refractivity contribution < 1.29 is 61.6 Å². The molecule has 0 aliphatic carbocycles. The Morgan fingerprint density at radius 2 is 0.542 bits per heavy atom. The second-order valence-corrected chi connectivity index (χ2v) is 10.8. The summed E-state index contributed by atoms with van der Waals surface area (Å²) in [5.74, 6) is -0.151. The maximum Gasteiger partial charge on any atom is 0.305 e. The van der Waals surface area contributed by atoms with Crippen molar-refractivity contribution in [2.45, 2.75) is 71.6 Å². The van der Waals surface area contributed by atoms with Gasteiger partial charge < -0.3 is 56.8 Å². The van der Waals surface area contributed by atoms with Crippen LogP contribution >= 0.6 is 0 Å². The van der Waals surface area contributed by atoms with Crippen LogP contribution in [0.5, 0.6) is 0 Å². The summed E-state index contributed by atoms with van der Waals surface area (Å²) in [7, 11) is 0. The molecule has 288 valence electrons. The Bertz CT molecular complexity index is 601. The van der Waals surface area contributed by atoms with Gasteiger partial charge in [-0.15, -0.1) is 0 Å². The molecule has 0 atom stereocenters. The van der Waals surface area contributed by atoms with Crippen LogP contribution in [0.1, 0.15) is 71.6 Å². The fourth-order valence-electron chi connectivity index (χ4n) is 3.91. The minimum atomic E-state index is -0.151. The average molecular weight is 699 g/mol. The van der Waals surface area contributed by atoms with Gasteiger partial charge in [0.25, 0.3) is 0 Å². The molecule has 0 amide bonds. The summed E-state index contributed by atoms with van der Waals surface area (Å²) < 4.78 is 65.4. The van der Waals surface area contributed by atoms with E-state index in [-0.39, 0.29) is 12.6 Å². The Balaban J connectivity index is 3.07. The van der Waals surface area contributed by atoms with Crippen LogP contribution in [0.15, 0.2) is 0 Å². The maximum atomic E-state index is 11.5. The molecule has 0 aromatic heterocycles. The fourth-order valence-corrected chi connectivity index (χ4v) is 3.91. The summed E-state index contributed by atoms with van der Waals surface area (Å²) in [6, 6.07) is 0. The summed E-state index contributed by atoms with van der Waals surface area (Å²) in [5, 5.41) is 0. The molecule has 0 N–H and O–H groups in total. The molecule has 13 nitrogen and oxygen atoms in total. The molecular weight excluding hydrogens is 628 g/mol. The third-order valence-electron chi connectivity index (χ3n) is 6.59. The summed E-state index contributed by atoms with van der Waals surface area (Å²) in [6.07, 6.45) is 9.65. The zero-order valence-corrected chi connectivity index (χ0v) is 30.4. The van der Waals surface area contributed by atoms with Gasteiger partial charge in [0, 0.05) is 13.0 Å². The van der Waals surface area contributed by atoms with Gasteiger partial charge in [-0.25, -0.2) is 0 Å². The van der Waals surface area contributed by atoms with Crippen molar-refractivity contribution >= 4 is 5.97 Å². The molecule has 0 rings (SSSR count). The third-order valence-corrected chi connectivity index (χ3v) is 6.59. The highest BCUT2D eigenvalue weighted by Crippen LogP contribution is 2.03. The molecule has 0 aliphatic rings. The van der Waals surface area contributed by atoms with Crippen LogP contribution in [0.2, 0.25) is 0 Å². The second-order valence-electron chi connectivity index (χ2n) is 10.8. The summed E-state index contributed by atoms with van der Waals surface area (Å²) >= 11 is 0. The van der Waals surface area contributed by atoms with E-state index in [1.54, 1.807) is 0 Å². The molecular formula is C35H70O13. The zero-order chi connectivity index (χ0) is 34.7. The van der Waals surface area contributed by atoms with E-state index in [1.165, 1.54) is 19.3 Å². The van der Waals surface area contributed by atoms with E-state index >= 15 is 0 Å². The first kappa shape index (κ1) is 47.0. The van der Waals surface area contributed by atoms with Crippen LogP contribution in [-0.2, 0) is 61.6 Å². The zero-order valence-electron chi connectivity index (χ0n) is 30.4. The molecule has 48 heavy (non-hydrogen) atoms. The van der Waals surface area contributed by atoms with E-state index in [4.69, 9.17) is 56.8 Å². The van der Waals surface area contributed by atoms with Crippen LogP contribution in [0, 0.1) is 0 Å². The predicted molar refractivity (Wildman–Crippen MR) is 183 cm³/mol. The first-order valence-electron chi connectivity index (χ1n) is 18.3. The Morgan fingerprint density at radius 3 is 0.833 bits per heavy atom. The van der Waals surface area contributed by atoms with Crippen LogP contribution in [0.4, 0.5) is 0 Å². The lowest BCUT2D eigenvalue weighted by atomic mass is 10.2. The summed E-state index contributed by atoms with van der Waals surface area (Å²) in [4.78, 5) is 11.5. The minimum absolute atomic E-state index is 0.151. The van der Waals surface area contributed by atoms with Crippen LogP contribution in [-0.4, -0.2) is 158 Å². The first-order valence-corrected chi connectivity index (χ1v) is 18.3. The Labute approximate surface area is 291 Å². The van der Waals surface area contributed by atoms with E-state index < -0.39 is 0 Å². The number of hydrogen-bond donors (Lipinski definition) is 0. The van der Waals surface area contributed by atoms with Crippen LogP contribution in [0.3, 0.4) is 0 Å². The van der Waals surface area contributed by atoms with Crippen LogP contribution in [0.25, 0.3) is 0 Å². The standard InChI is InChI=1S/C35H70O13/c1-3-5-7-9-11-35(36)48-34-33-47-32-31-46-30-29-45-28-27-44-26-25-43-24-23-42-22-21-41-20-19-40-18-17-39-16-15-38-14-13-37-12-10-8-6-4-2/h3-34H2,1-2H3. The van der Waals surface area contributed by atoms with Gasteiger partial charge in [0.05, 0.1) is 139 Å². The molecule has 0 radical (unpaired) electrons. The maximum absolute atomic E-state index is 11.5. The molecule has 0 spiro atoms. The van der Waals surface area contributed by atoms with Gasteiger partial charge in [-0.3, -0.25) is 4.79 Å². The Morgan fingerprint density at radius 1 is 0.292 bits per heavy atom. The van der Waals surface area contributed by atoms with Crippen molar-refractivity contribution in [3.8, 4) is 0 Å². The highest BCUT2D eigenvalue weighted by molar-refractivity contribution is 5.69. The van der Waals surface area contributed by atoms with Gasteiger partial charge in [-0.1, -0.05) is 52.4 Å². The quantitative estimate of drug-likeness (QED) is 0.0665. The number of ether oxygens (including phenoxy) is 12. The topological polar surface area (TPSA) is 128 Å². The molecule has 0 unspecified atom stereocenters. The lowest BCUT2D eigenvalue weighted by molar-refractivity contribution is -0.145. The summed E-state index contributed by atoms with van der Waals surface area (Å²) in [6.45, 7) is 16.3. The number of carbonyl (C=O) groups is 1. The van der Waals surface area contributed by atoms with Crippen molar-refractivity contribution in [3.63, 3.8) is 0 Å². The molecule has 0 aromatic carbocycles. The largest absolute Gasteiger partial charge is 0.463 e. The van der Waals surface area contributed by atoms with E-state index in [0.717, 1.165) is 38.7 Å². The lowest BCUT2D eigenvalue weighted by Crippen LogP contribution is -2.15. The van der Waals surface area contributed by atoms with E-state index in [1.807, 2.05) is 0 Å². The number of carbonyl (C=O) groups excluding carboxylic acids is 1. The Hall–Kier alpha value is -0.970. The molecule has 0 saturated carbocycles. The number of hydrogen-bond acceptors (Lipinski definition) is 13. The van der Waals surface area contributed by atoms with Crippen molar-refractivity contribution in [2.24, 2.45) is 0 Å². The van der Waals surface area contributed by atoms with Gasteiger partial charge in [0.15, 0.2) is 0 Å². The third kappa shape index (κ3) is 43.1. The van der Waals surface area contributed by atoms with E-state index in [2.05, 4.69) is 13.8 Å². The number of esters is 1. The molecule has 0 fully saturated rings. The highest BCUT2D eigenvalue weighted by Gasteiger charge is 2.02. The normalized spacial score (nSPS) is 11.5. The van der Waals surface area contributed by atoms with Crippen molar-refractivity contribution in [1.82, 2.24) is 0 Å². The van der Waals surface area contributed by atoms with Gasteiger partial charge in [0.1, 0.15) is 6.61 Å². The van der Waals surface area contributed by atoms with E-state index in [9.17, 15) is 4.79 Å². The molecule has 0 aliphatic heterocycles.